The summed E-state index contributed by atoms with van der Waals surface area (Å²) < 4.78 is 6.91. The molecule has 6 heteroatoms. The fourth-order valence-corrected chi connectivity index (χ4v) is 3.48. The van der Waals surface area contributed by atoms with Gasteiger partial charge < -0.3 is 10.1 Å². The quantitative estimate of drug-likeness (QED) is 0.742. The lowest BCUT2D eigenvalue weighted by atomic mass is 10.1. The van der Waals surface area contributed by atoms with E-state index in [1.165, 1.54) is 11.1 Å². The molecule has 2 aromatic heterocycles. The summed E-state index contributed by atoms with van der Waals surface area (Å²) in [4.78, 5) is 16.8. The number of carbonyl (C=O) groups is 1. The average Bonchev–Trinajstić information content (AvgIpc) is 3.19. The SMILES string of the molecule is CCOC(=O)c1cnc2c(cnn2C)c1NC1Cc2ccccc2C1. The van der Waals surface area contributed by atoms with Crippen molar-refractivity contribution >= 4 is 22.7 Å². The fraction of sp³-hybridized carbons (Fsp3) is 0.316. The highest BCUT2D eigenvalue weighted by molar-refractivity contribution is 6.04. The van der Waals surface area contributed by atoms with Crippen LogP contribution in [-0.2, 0) is 24.6 Å². The van der Waals surface area contributed by atoms with E-state index in [0.717, 1.165) is 29.6 Å². The first-order valence-electron chi connectivity index (χ1n) is 8.48. The summed E-state index contributed by atoms with van der Waals surface area (Å²) in [6.07, 6.45) is 5.19. The Kier molecular flexibility index (Phi) is 3.87. The molecule has 3 aromatic rings. The Labute approximate surface area is 145 Å². The van der Waals surface area contributed by atoms with Gasteiger partial charge in [0.15, 0.2) is 5.65 Å². The molecule has 2 heterocycles. The maximum Gasteiger partial charge on any atom is 0.341 e. The van der Waals surface area contributed by atoms with Gasteiger partial charge in [-0.05, 0) is 30.9 Å². The molecule has 0 atom stereocenters. The number of hydrogen-bond acceptors (Lipinski definition) is 5. The molecule has 1 N–H and O–H groups in total. The molecule has 0 saturated heterocycles. The molecule has 0 saturated carbocycles. The highest BCUT2D eigenvalue weighted by Crippen LogP contribution is 2.30. The third-order valence-electron chi connectivity index (χ3n) is 4.66. The zero-order chi connectivity index (χ0) is 17.4. The molecule has 1 aliphatic rings. The molecule has 128 valence electrons. The van der Waals surface area contributed by atoms with E-state index in [1.54, 1.807) is 24.0 Å². The van der Waals surface area contributed by atoms with Crippen molar-refractivity contribution in [3.63, 3.8) is 0 Å². The van der Waals surface area contributed by atoms with Crippen molar-refractivity contribution in [1.82, 2.24) is 14.8 Å². The minimum Gasteiger partial charge on any atom is -0.462 e. The second-order valence-corrected chi connectivity index (χ2v) is 6.29. The van der Waals surface area contributed by atoms with Gasteiger partial charge in [0.1, 0.15) is 5.56 Å². The van der Waals surface area contributed by atoms with E-state index in [9.17, 15) is 4.79 Å². The Hall–Kier alpha value is -2.89. The van der Waals surface area contributed by atoms with Gasteiger partial charge in [0, 0.05) is 19.3 Å². The number of pyridine rings is 1. The molecule has 6 nitrogen and oxygen atoms in total. The lowest BCUT2D eigenvalue weighted by Gasteiger charge is -2.17. The van der Waals surface area contributed by atoms with Crippen LogP contribution in [0, 0.1) is 0 Å². The van der Waals surface area contributed by atoms with E-state index in [1.807, 2.05) is 7.05 Å². The molecule has 1 aliphatic carbocycles. The number of rotatable bonds is 4. The van der Waals surface area contributed by atoms with E-state index < -0.39 is 0 Å². The number of fused-ring (bicyclic) bond motifs is 2. The van der Waals surface area contributed by atoms with Crippen LogP contribution < -0.4 is 5.32 Å². The lowest BCUT2D eigenvalue weighted by Crippen LogP contribution is -2.22. The van der Waals surface area contributed by atoms with Gasteiger partial charge in [0.25, 0.3) is 0 Å². The minimum atomic E-state index is -0.362. The highest BCUT2D eigenvalue weighted by Gasteiger charge is 2.25. The summed E-state index contributed by atoms with van der Waals surface area (Å²) in [5.74, 6) is -0.362. The number of hydrogen-bond donors (Lipinski definition) is 1. The normalized spacial score (nSPS) is 13.8. The smallest absolute Gasteiger partial charge is 0.341 e. The fourth-order valence-electron chi connectivity index (χ4n) is 3.48. The number of aromatic nitrogens is 3. The third kappa shape index (κ3) is 2.73. The van der Waals surface area contributed by atoms with Crippen LogP contribution >= 0.6 is 0 Å². The summed E-state index contributed by atoms with van der Waals surface area (Å²) in [7, 11) is 1.84. The first kappa shape index (κ1) is 15.6. The summed E-state index contributed by atoms with van der Waals surface area (Å²) >= 11 is 0. The number of nitrogens with one attached hydrogen (secondary N) is 1. The van der Waals surface area contributed by atoms with Crippen LogP contribution in [0.1, 0.15) is 28.4 Å². The number of nitrogens with zero attached hydrogens (tertiary/aromatic N) is 3. The van der Waals surface area contributed by atoms with Gasteiger partial charge in [-0.15, -0.1) is 0 Å². The Balaban J connectivity index is 1.72. The van der Waals surface area contributed by atoms with E-state index in [0.29, 0.717) is 12.2 Å². The Bertz CT molecular complexity index is 923. The third-order valence-corrected chi connectivity index (χ3v) is 4.66. The Morgan fingerprint density at radius 2 is 2.00 bits per heavy atom. The largest absolute Gasteiger partial charge is 0.462 e. The summed E-state index contributed by atoms with van der Waals surface area (Å²) in [6.45, 7) is 2.13. The maximum absolute atomic E-state index is 12.4. The second kappa shape index (κ2) is 6.20. The van der Waals surface area contributed by atoms with E-state index in [4.69, 9.17) is 4.74 Å². The molecule has 25 heavy (non-hydrogen) atoms. The van der Waals surface area contributed by atoms with Gasteiger partial charge in [-0.2, -0.15) is 5.10 Å². The van der Waals surface area contributed by atoms with E-state index >= 15 is 0 Å². The molecule has 0 bridgehead atoms. The Morgan fingerprint density at radius 1 is 1.28 bits per heavy atom. The molecule has 0 radical (unpaired) electrons. The molecule has 0 spiro atoms. The molecule has 1 aromatic carbocycles. The van der Waals surface area contributed by atoms with Crippen molar-refractivity contribution in [2.45, 2.75) is 25.8 Å². The monoisotopic (exact) mass is 336 g/mol. The number of aryl methyl sites for hydroxylation is 1. The van der Waals surface area contributed by atoms with Crippen LogP contribution in [0.15, 0.2) is 36.7 Å². The molecule has 0 aliphatic heterocycles. The summed E-state index contributed by atoms with van der Waals surface area (Å²) in [6, 6.07) is 8.69. The molecule has 0 fully saturated rings. The predicted octanol–water partition coefficient (Wildman–Crippen LogP) is 2.72. The van der Waals surface area contributed by atoms with Crippen molar-refractivity contribution < 1.29 is 9.53 Å². The maximum atomic E-state index is 12.4. The van der Waals surface area contributed by atoms with Gasteiger partial charge in [0.2, 0.25) is 0 Å². The number of esters is 1. The van der Waals surface area contributed by atoms with E-state index in [2.05, 4.69) is 39.7 Å². The van der Waals surface area contributed by atoms with Gasteiger partial charge >= 0.3 is 5.97 Å². The van der Waals surface area contributed by atoms with Gasteiger partial charge in [-0.1, -0.05) is 24.3 Å². The van der Waals surface area contributed by atoms with Crippen molar-refractivity contribution in [2.75, 3.05) is 11.9 Å². The van der Waals surface area contributed by atoms with Crippen molar-refractivity contribution in [3.05, 3.63) is 53.3 Å². The van der Waals surface area contributed by atoms with Crippen molar-refractivity contribution in [2.24, 2.45) is 7.05 Å². The number of carbonyl (C=O) groups excluding carboxylic acids is 1. The van der Waals surface area contributed by atoms with Gasteiger partial charge in [0.05, 0.1) is 23.9 Å². The zero-order valence-corrected chi connectivity index (χ0v) is 14.3. The number of ether oxygens (including phenoxy) is 1. The number of benzene rings is 1. The zero-order valence-electron chi connectivity index (χ0n) is 14.3. The highest BCUT2D eigenvalue weighted by atomic mass is 16.5. The molecular weight excluding hydrogens is 316 g/mol. The average molecular weight is 336 g/mol. The molecule has 4 rings (SSSR count). The molecule has 0 unspecified atom stereocenters. The van der Waals surface area contributed by atoms with Crippen molar-refractivity contribution in [1.29, 1.82) is 0 Å². The predicted molar refractivity (Wildman–Crippen MR) is 95.7 cm³/mol. The van der Waals surface area contributed by atoms with Crippen LogP contribution in [-0.4, -0.2) is 33.4 Å². The van der Waals surface area contributed by atoms with Crippen LogP contribution in [0.4, 0.5) is 5.69 Å². The number of anilines is 1. The van der Waals surface area contributed by atoms with E-state index in [-0.39, 0.29) is 12.0 Å². The minimum absolute atomic E-state index is 0.233. The van der Waals surface area contributed by atoms with Crippen LogP contribution in [0.25, 0.3) is 11.0 Å². The topological polar surface area (TPSA) is 69.0 Å². The van der Waals surface area contributed by atoms with Crippen LogP contribution in [0.2, 0.25) is 0 Å². The van der Waals surface area contributed by atoms with Gasteiger partial charge in [-0.3, -0.25) is 4.68 Å². The molecular formula is C19H20N4O2. The first-order valence-corrected chi connectivity index (χ1v) is 8.48. The van der Waals surface area contributed by atoms with Crippen LogP contribution in [0.3, 0.4) is 0 Å². The summed E-state index contributed by atoms with van der Waals surface area (Å²) in [5.41, 5.74) is 4.67. The first-order chi connectivity index (χ1) is 12.2. The van der Waals surface area contributed by atoms with Crippen molar-refractivity contribution in [3.8, 4) is 0 Å². The Morgan fingerprint density at radius 3 is 2.68 bits per heavy atom. The lowest BCUT2D eigenvalue weighted by molar-refractivity contribution is 0.0527. The van der Waals surface area contributed by atoms with Gasteiger partial charge in [-0.25, -0.2) is 9.78 Å². The molecule has 0 amide bonds. The summed E-state index contributed by atoms with van der Waals surface area (Å²) in [5, 5.41) is 8.67. The second-order valence-electron chi connectivity index (χ2n) is 6.29. The van der Waals surface area contributed by atoms with Crippen LogP contribution in [0.5, 0.6) is 0 Å². The standard InChI is InChI=1S/C19H20N4O2/c1-3-25-19(24)16-10-20-18-15(11-21-23(18)2)17(16)22-14-8-12-6-4-5-7-13(12)9-14/h4-7,10-11,14H,3,8-9H2,1-2H3,(H,20,22).